The molecule has 0 aliphatic carbocycles. The number of hydrogen-bond donors (Lipinski definition) is 2. The van der Waals surface area contributed by atoms with Gasteiger partial charge in [-0.15, -0.1) is 24.0 Å². The number of carbonyl (C=O) groups is 1. The highest BCUT2D eigenvalue weighted by molar-refractivity contribution is 14.0. The molecule has 0 fully saturated rings. The summed E-state index contributed by atoms with van der Waals surface area (Å²) in [5.41, 5.74) is 1.55. The summed E-state index contributed by atoms with van der Waals surface area (Å²) in [5.74, 6) is 0.973. The lowest BCUT2D eigenvalue weighted by Crippen LogP contribution is -2.43. The lowest BCUT2D eigenvalue weighted by Gasteiger charge is -2.16. The molecule has 8 nitrogen and oxygen atoms in total. The summed E-state index contributed by atoms with van der Waals surface area (Å²) >= 11 is 0. The van der Waals surface area contributed by atoms with E-state index >= 15 is 0 Å². The molecule has 0 unspecified atom stereocenters. The molecule has 0 radical (unpaired) electrons. The van der Waals surface area contributed by atoms with Crippen molar-refractivity contribution in [2.75, 3.05) is 34.0 Å². The van der Waals surface area contributed by atoms with Crippen molar-refractivity contribution < 1.29 is 27.8 Å². The smallest absolute Gasteiger partial charge is 0.387 e. The maximum atomic E-state index is 12.9. The Balaban J connectivity index is 0.00000385. The highest BCUT2D eigenvalue weighted by atomic mass is 127. The Bertz CT molecular complexity index is 945. The Morgan fingerprint density at radius 1 is 1.15 bits per heavy atom. The summed E-state index contributed by atoms with van der Waals surface area (Å²) in [4.78, 5) is 17.9. The van der Waals surface area contributed by atoms with Crippen LogP contribution in [-0.4, -0.2) is 57.4 Å². The highest BCUT2D eigenvalue weighted by Crippen LogP contribution is 2.39. The van der Waals surface area contributed by atoms with E-state index in [0.717, 1.165) is 12.0 Å². The van der Waals surface area contributed by atoms with Gasteiger partial charge in [-0.2, -0.15) is 8.78 Å². The van der Waals surface area contributed by atoms with E-state index in [2.05, 4.69) is 20.4 Å². The Morgan fingerprint density at radius 2 is 1.85 bits per heavy atom. The summed E-state index contributed by atoms with van der Waals surface area (Å²) in [6, 6.07) is 12.8. The zero-order valence-electron chi connectivity index (χ0n) is 18.3. The van der Waals surface area contributed by atoms with Crippen LogP contribution in [0.25, 0.3) is 0 Å². The van der Waals surface area contributed by atoms with Gasteiger partial charge < -0.3 is 29.7 Å². The van der Waals surface area contributed by atoms with Crippen molar-refractivity contribution in [2.45, 2.75) is 19.6 Å². The van der Waals surface area contributed by atoms with Crippen molar-refractivity contribution in [3.05, 3.63) is 53.6 Å². The van der Waals surface area contributed by atoms with Crippen LogP contribution >= 0.6 is 24.0 Å². The fraction of sp³-hybridized carbons (Fsp3) is 0.364. The number of amides is 1. The topological polar surface area (TPSA) is 84.4 Å². The van der Waals surface area contributed by atoms with E-state index < -0.39 is 6.61 Å². The lowest BCUT2D eigenvalue weighted by atomic mass is 10.1. The zero-order chi connectivity index (χ0) is 22.9. The second-order valence-electron chi connectivity index (χ2n) is 7.16. The SMILES string of the molecule is CN(C)C(=O)CNC(=NCc1cc2c(cc1OC(F)F)OCO2)NCCc1ccccc1.I. The first-order valence-electron chi connectivity index (χ1n) is 10.1. The van der Waals surface area contributed by atoms with Crippen LogP contribution in [0.1, 0.15) is 11.1 Å². The summed E-state index contributed by atoms with van der Waals surface area (Å²) in [6.45, 7) is -2.36. The molecular formula is C22H27F2IN4O4. The third-order valence-corrected chi connectivity index (χ3v) is 4.63. The van der Waals surface area contributed by atoms with Gasteiger partial charge in [-0.3, -0.25) is 4.79 Å². The third-order valence-electron chi connectivity index (χ3n) is 4.63. The number of hydrogen-bond acceptors (Lipinski definition) is 5. The average Bonchev–Trinajstić information content (AvgIpc) is 3.22. The summed E-state index contributed by atoms with van der Waals surface area (Å²) in [6.07, 6.45) is 0.743. The maximum Gasteiger partial charge on any atom is 0.387 e. The number of alkyl halides is 2. The minimum Gasteiger partial charge on any atom is -0.454 e. The molecule has 1 aliphatic rings. The van der Waals surface area contributed by atoms with Gasteiger partial charge in [0.25, 0.3) is 0 Å². The van der Waals surface area contributed by atoms with E-state index in [1.54, 1.807) is 20.2 Å². The number of nitrogens with one attached hydrogen (secondary N) is 2. The molecule has 1 heterocycles. The van der Waals surface area contributed by atoms with Crippen LogP contribution in [0.3, 0.4) is 0 Å². The monoisotopic (exact) mass is 576 g/mol. The summed E-state index contributed by atoms with van der Waals surface area (Å²) in [7, 11) is 3.31. The van der Waals surface area contributed by atoms with Gasteiger partial charge in [-0.25, -0.2) is 4.99 Å². The van der Waals surface area contributed by atoms with Gasteiger partial charge in [0, 0.05) is 32.3 Å². The Morgan fingerprint density at radius 3 is 2.52 bits per heavy atom. The van der Waals surface area contributed by atoms with Crippen molar-refractivity contribution in [1.82, 2.24) is 15.5 Å². The molecule has 0 saturated carbocycles. The number of nitrogens with zero attached hydrogens (tertiary/aromatic N) is 2. The van der Waals surface area contributed by atoms with Gasteiger partial charge in [0.2, 0.25) is 12.7 Å². The molecule has 0 spiro atoms. The van der Waals surface area contributed by atoms with Crippen molar-refractivity contribution in [3.63, 3.8) is 0 Å². The first kappa shape index (κ1) is 26.4. The van der Waals surface area contributed by atoms with E-state index in [0.29, 0.717) is 29.6 Å². The normalized spacial score (nSPS) is 12.2. The van der Waals surface area contributed by atoms with Crippen LogP contribution in [-0.2, 0) is 17.8 Å². The molecule has 3 rings (SSSR count). The number of rotatable bonds is 9. The third kappa shape index (κ3) is 8.22. The van der Waals surface area contributed by atoms with E-state index in [4.69, 9.17) is 9.47 Å². The fourth-order valence-corrected chi connectivity index (χ4v) is 2.92. The van der Waals surface area contributed by atoms with Crippen LogP contribution in [0.2, 0.25) is 0 Å². The van der Waals surface area contributed by atoms with Crippen LogP contribution < -0.4 is 24.8 Å². The second kappa shape index (κ2) is 13.0. The minimum atomic E-state index is -2.99. The standard InChI is InChI=1S/C22H26F2N4O4.HI/c1-28(2)20(29)13-27-22(25-9-8-15-6-4-3-5-7-15)26-12-16-10-18-19(31-14-30-18)11-17(16)32-21(23)24;/h3-7,10-11,21H,8-9,12-14H2,1-2H3,(H2,25,26,27);1H. The molecule has 0 atom stereocenters. The first-order valence-corrected chi connectivity index (χ1v) is 10.1. The number of halogens is 3. The van der Waals surface area contributed by atoms with Crippen molar-refractivity contribution in [2.24, 2.45) is 4.99 Å². The predicted molar refractivity (Wildman–Crippen MR) is 131 cm³/mol. The van der Waals surface area contributed by atoms with Gasteiger partial charge >= 0.3 is 6.61 Å². The number of benzene rings is 2. The molecule has 1 aliphatic heterocycles. The number of fused-ring (bicyclic) bond motifs is 1. The van der Waals surface area contributed by atoms with Crippen molar-refractivity contribution in [1.29, 1.82) is 0 Å². The molecule has 0 aromatic heterocycles. The van der Waals surface area contributed by atoms with Gasteiger partial charge in [0.1, 0.15) is 5.75 Å². The molecule has 0 bridgehead atoms. The van der Waals surface area contributed by atoms with E-state index in [1.165, 1.54) is 11.0 Å². The molecule has 2 aromatic rings. The molecular weight excluding hydrogens is 549 g/mol. The predicted octanol–water partition coefficient (Wildman–Crippen LogP) is 3.00. The van der Waals surface area contributed by atoms with E-state index in [1.807, 2.05) is 30.3 Å². The van der Waals surface area contributed by atoms with Crippen molar-refractivity contribution in [3.8, 4) is 17.2 Å². The number of carbonyl (C=O) groups excluding carboxylic acids is 1. The number of aliphatic imine (C=N–C) groups is 1. The Hall–Kier alpha value is -2.83. The summed E-state index contributed by atoms with van der Waals surface area (Å²) < 4.78 is 40.9. The largest absolute Gasteiger partial charge is 0.454 e. The van der Waals surface area contributed by atoms with Crippen LogP contribution in [0, 0.1) is 0 Å². The molecule has 2 N–H and O–H groups in total. The molecule has 33 heavy (non-hydrogen) atoms. The molecule has 180 valence electrons. The van der Waals surface area contributed by atoms with Crippen LogP contribution in [0.5, 0.6) is 17.2 Å². The molecule has 2 aromatic carbocycles. The van der Waals surface area contributed by atoms with Gasteiger partial charge in [-0.1, -0.05) is 30.3 Å². The number of ether oxygens (including phenoxy) is 3. The van der Waals surface area contributed by atoms with Crippen LogP contribution in [0.4, 0.5) is 8.78 Å². The quantitative estimate of drug-likeness (QED) is 0.272. The summed E-state index contributed by atoms with van der Waals surface area (Å²) in [5, 5.41) is 6.14. The zero-order valence-corrected chi connectivity index (χ0v) is 20.7. The maximum absolute atomic E-state index is 12.9. The van der Waals surface area contributed by atoms with Gasteiger partial charge in [0.15, 0.2) is 17.5 Å². The first-order chi connectivity index (χ1) is 15.4. The number of likely N-dealkylation sites (N-methyl/N-ethyl adjacent to an activating group) is 1. The Kier molecular flexibility index (Phi) is 10.4. The Labute approximate surface area is 208 Å². The molecule has 0 saturated heterocycles. The van der Waals surface area contributed by atoms with Gasteiger partial charge in [-0.05, 0) is 18.1 Å². The number of guanidine groups is 1. The average molecular weight is 576 g/mol. The minimum absolute atomic E-state index is 0. The van der Waals surface area contributed by atoms with Gasteiger partial charge in [0.05, 0.1) is 13.1 Å². The fourth-order valence-electron chi connectivity index (χ4n) is 2.92. The van der Waals surface area contributed by atoms with Crippen molar-refractivity contribution >= 4 is 35.8 Å². The second-order valence-corrected chi connectivity index (χ2v) is 7.16. The van der Waals surface area contributed by atoms with Crippen LogP contribution in [0.15, 0.2) is 47.5 Å². The van der Waals surface area contributed by atoms with E-state index in [9.17, 15) is 13.6 Å². The lowest BCUT2D eigenvalue weighted by molar-refractivity contribution is -0.127. The highest BCUT2D eigenvalue weighted by Gasteiger charge is 2.20. The molecule has 1 amide bonds. The molecule has 11 heteroatoms. The van der Waals surface area contributed by atoms with E-state index in [-0.39, 0.29) is 55.5 Å².